The molecule has 0 saturated heterocycles. The van der Waals surface area contributed by atoms with E-state index in [4.69, 9.17) is 0 Å². The fraction of sp³-hybridized carbons (Fsp3) is 0.600. The van der Waals surface area contributed by atoms with Crippen LogP contribution in [0.2, 0.25) is 0 Å². The molecule has 0 bridgehead atoms. The van der Waals surface area contributed by atoms with E-state index in [1.165, 1.54) is 29.5 Å². The first-order valence-electron chi connectivity index (χ1n) is 9.56. The summed E-state index contributed by atoms with van der Waals surface area (Å²) >= 11 is 0. The first kappa shape index (κ1) is 22.2. The summed E-state index contributed by atoms with van der Waals surface area (Å²) in [5.74, 6) is -0.369. The van der Waals surface area contributed by atoms with Crippen LogP contribution in [0.4, 0.5) is 18.9 Å². The largest absolute Gasteiger partial charge is 0.418 e. The minimum absolute atomic E-state index is 0.129. The molecule has 3 atom stereocenters. The van der Waals surface area contributed by atoms with Gasteiger partial charge in [-0.25, -0.2) is 0 Å². The topological polar surface area (TPSA) is 61.4 Å². The fourth-order valence-electron chi connectivity index (χ4n) is 3.43. The molecule has 1 aromatic carbocycles. The van der Waals surface area contributed by atoms with Gasteiger partial charge in [0.25, 0.3) is 0 Å². The summed E-state index contributed by atoms with van der Waals surface area (Å²) in [5.41, 5.74) is -1.19. The van der Waals surface area contributed by atoms with Crippen LogP contribution in [0, 0.1) is 5.92 Å². The summed E-state index contributed by atoms with van der Waals surface area (Å²) in [6.45, 7) is 3.60. The molecule has 0 aliphatic heterocycles. The SMILES string of the molecule is C[C@H](C(=O)N[C@H]1CCCC[C@@H]1C)N(C)CC(=O)Nc1ccccc1C(F)(F)F. The van der Waals surface area contributed by atoms with Crippen LogP contribution in [0.25, 0.3) is 0 Å². The number of nitrogens with one attached hydrogen (secondary N) is 2. The zero-order chi connectivity index (χ0) is 20.9. The quantitative estimate of drug-likeness (QED) is 0.768. The van der Waals surface area contributed by atoms with Crippen molar-refractivity contribution >= 4 is 17.5 Å². The Bertz CT molecular complexity index is 694. The van der Waals surface area contributed by atoms with Crippen molar-refractivity contribution in [3.63, 3.8) is 0 Å². The molecule has 1 saturated carbocycles. The number of carbonyl (C=O) groups is 2. The molecular weight excluding hydrogens is 371 g/mol. The van der Waals surface area contributed by atoms with Gasteiger partial charge < -0.3 is 10.6 Å². The molecule has 1 fully saturated rings. The summed E-state index contributed by atoms with van der Waals surface area (Å²) in [7, 11) is 1.60. The van der Waals surface area contributed by atoms with Crippen LogP contribution >= 0.6 is 0 Å². The lowest BCUT2D eigenvalue weighted by atomic mass is 9.86. The van der Waals surface area contributed by atoms with Crippen LogP contribution < -0.4 is 10.6 Å². The van der Waals surface area contributed by atoms with Gasteiger partial charge in [-0.15, -0.1) is 0 Å². The van der Waals surface area contributed by atoms with E-state index in [1.54, 1.807) is 14.0 Å². The van der Waals surface area contributed by atoms with Crippen molar-refractivity contribution in [2.75, 3.05) is 18.9 Å². The number of likely N-dealkylation sites (N-methyl/N-ethyl adjacent to an activating group) is 1. The molecule has 0 spiro atoms. The molecular formula is C20H28F3N3O2. The molecule has 1 aliphatic carbocycles. The van der Waals surface area contributed by atoms with Crippen LogP contribution in [0.5, 0.6) is 0 Å². The average molecular weight is 399 g/mol. The number of nitrogens with zero attached hydrogens (tertiary/aromatic N) is 1. The summed E-state index contributed by atoms with van der Waals surface area (Å²) < 4.78 is 39.1. The van der Waals surface area contributed by atoms with Crippen LogP contribution in [-0.2, 0) is 15.8 Å². The lowest BCUT2D eigenvalue weighted by Crippen LogP contribution is -2.50. The Hall–Kier alpha value is -2.09. The molecule has 0 unspecified atom stereocenters. The smallest absolute Gasteiger partial charge is 0.352 e. The summed E-state index contributed by atoms with van der Waals surface area (Å²) in [6, 6.07) is 4.38. The Morgan fingerprint density at radius 2 is 1.86 bits per heavy atom. The van der Waals surface area contributed by atoms with Gasteiger partial charge >= 0.3 is 6.18 Å². The second kappa shape index (κ2) is 9.41. The van der Waals surface area contributed by atoms with E-state index < -0.39 is 23.7 Å². The molecule has 28 heavy (non-hydrogen) atoms. The van der Waals surface area contributed by atoms with Crippen LogP contribution in [0.1, 0.15) is 45.1 Å². The monoisotopic (exact) mass is 399 g/mol. The van der Waals surface area contributed by atoms with Gasteiger partial charge in [0, 0.05) is 6.04 Å². The second-order valence-electron chi connectivity index (χ2n) is 7.56. The number of alkyl halides is 3. The summed E-state index contributed by atoms with van der Waals surface area (Å²) in [6.07, 6.45) is -0.281. The average Bonchev–Trinajstić information content (AvgIpc) is 2.62. The molecule has 2 N–H and O–H groups in total. The van der Waals surface area contributed by atoms with E-state index in [9.17, 15) is 22.8 Å². The molecule has 1 aromatic rings. The van der Waals surface area contributed by atoms with Gasteiger partial charge in [0.1, 0.15) is 0 Å². The zero-order valence-electron chi connectivity index (χ0n) is 16.5. The van der Waals surface area contributed by atoms with E-state index in [2.05, 4.69) is 17.6 Å². The fourth-order valence-corrected chi connectivity index (χ4v) is 3.43. The Labute approximate surface area is 163 Å². The predicted octanol–water partition coefficient (Wildman–Crippen LogP) is 3.66. The Morgan fingerprint density at radius 3 is 2.50 bits per heavy atom. The van der Waals surface area contributed by atoms with Gasteiger partial charge in [-0.1, -0.05) is 31.9 Å². The molecule has 1 aliphatic rings. The van der Waals surface area contributed by atoms with E-state index in [-0.39, 0.29) is 24.2 Å². The van der Waals surface area contributed by atoms with Crippen LogP contribution in [0.3, 0.4) is 0 Å². The van der Waals surface area contributed by atoms with E-state index in [1.807, 2.05) is 0 Å². The minimum atomic E-state index is -4.56. The predicted molar refractivity (Wildman–Crippen MR) is 102 cm³/mol. The number of halogens is 3. The van der Waals surface area contributed by atoms with Crippen LogP contribution in [-0.4, -0.2) is 42.4 Å². The van der Waals surface area contributed by atoms with Crippen molar-refractivity contribution in [3.05, 3.63) is 29.8 Å². The number of anilines is 1. The third-order valence-corrected chi connectivity index (χ3v) is 5.38. The molecule has 5 nitrogen and oxygen atoms in total. The molecule has 156 valence electrons. The number of hydrogen-bond donors (Lipinski definition) is 2. The molecule has 0 aromatic heterocycles. The van der Waals surface area contributed by atoms with Gasteiger partial charge in [0.05, 0.1) is 23.8 Å². The van der Waals surface area contributed by atoms with Gasteiger partial charge in [-0.3, -0.25) is 14.5 Å². The molecule has 2 amide bonds. The number of para-hydroxylation sites is 1. The lowest BCUT2D eigenvalue weighted by molar-refractivity contribution is -0.137. The van der Waals surface area contributed by atoms with Crippen LogP contribution in [0.15, 0.2) is 24.3 Å². The highest BCUT2D eigenvalue weighted by Crippen LogP contribution is 2.34. The minimum Gasteiger partial charge on any atom is -0.352 e. The van der Waals surface area contributed by atoms with E-state index >= 15 is 0 Å². The normalized spacial score (nSPS) is 21.2. The number of rotatable bonds is 6. The van der Waals surface area contributed by atoms with E-state index in [0.717, 1.165) is 25.3 Å². The highest BCUT2D eigenvalue weighted by molar-refractivity contribution is 5.93. The Morgan fingerprint density at radius 1 is 1.21 bits per heavy atom. The van der Waals surface area contributed by atoms with Crippen molar-refractivity contribution in [2.45, 2.75) is 57.8 Å². The number of carbonyl (C=O) groups excluding carboxylic acids is 2. The maximum atomic E-state index is 13.0. The van der Waals surface area contributed by atoms with Crippen molar-refractivity contribution < 1.29 is 22.8 Å². The Balaban J connectivity index is 1.92. The number of amides is 2. The first-order valence-corrected chi connectivity index (χ1v) is 9.56. The van der Waals surface area contributed by atoms with Crippen molar-refractivity contribution in [1.82, 2.24) is 10.2 Å². The summed E-state index contributed by atoms with van der Waals surface area (Å²) in [5, 5.41) is 5.34. The molecule has 2 rings (SSSR count). The lowest BCUT2D eigenvalue weighted by Gasteiger charge is -2.32. The zero-order valence-corrected chi connectivity index (χ0v) is 16.5. The van der Waals surface area contributed by atoms with E-state index in [0.29, 0.717) is 5.92 Å². The number of benzene rings is 1. The summed E-state index contributed by atoms with van der Waals surface area (Å²) in [4.78, 5) is 26.2. The standard InChI is InChI=1S/C20H28F3N3O2/c1-13-8-4-6-10-16(13)25-19(28)14(2)26(3)12-18(27)24-17-11-7-5-9-15(17)20(21,22)23/h5,7,9,11,13-14,16H,4,6,8,10,12H2,1-3H3,(H,24,27)(H,25,28)/t13-,14+,16-/m0/s1. The highest BCUT2D eigenvalue weighted by Gasteiger charge is 2.34. The van der Waals surface area contributed by atoms with Gasteiger partial charge in [-0.05, 0) is 44.9 Å². The first-order chi connectivity index (χ1) is 13.1. The van der Waals surface area contributed by atoms with Crippen molar-refractivity contribution in [1.29, 1.82) is 0 Å². The third-order valence-electron chi connectivity index (χ3n) is 5.38. The van der Waals surface area contributed by atoms with Gasteiger partial charge in [0.15, 0.2) is 0 Å². The molecule has 8 heteroatoms. The van der Waals surface area contributed by atoms with Crippen molar-refractivity contribution in [3.8, 4) is 0 Å². The second-order valence-corrected chi connectivity index (χ2v) is 7.56. The van der Waals surface area contributed by atoms with Crippen molar-refractivity contribution in [2.24, 2.45) is 5.92 Å². The van der Waals surface area contributed by atoms with Gasteiger partial charge in [-0.2, -0.15) is 13.2 Å². The maximum Gasteiger partial charge on any atom is 0.418 e. The highest BCUT2D eigenvalue weighted by atomic mass is 19.4. The molecule has 0 heterocycles. The number of hydrogen-bond acceptors (Lipinski definition) is 3. The Kier molecular flexibility index (Phi) is 7.46. The third kappa shape index (κ3) is 5.95. The maximum absolute atomic E-state index is 13.0. The van der Waals surface area contributed by atoms with Gasteiger partial charge in [0.2, 0.25) is 11.8 Å². The molecule has 0 radical (unpaired) electrons.